The summed E-state index contributed by atoms with van der Waals surface area (Å²) in [5.74, 6) is -3.27. The fourth-order valence-corrected chi connectivity index (χ4v) is 1.31. The number of hydrogen-bond acceptors (Lipinski definition) is 6. The third-order valence-corrected chi connectivity index (χ3v) is 2.10. The molecule has 4 N–H and O–H groups in total. The van der Waals surface area contributed by atoms with Crippen LogP contribution in [0.5, 0.6) is 0 Å². The number of nitrogens with zero attached hydrogens (tertiary/aromatic N) is 4. The Labute approximate surface area is 107 Å². The predicted octanol–water partition coefficient (Wildman–Crippen LogP) is -2.27. The Bertz CT molecular complexity index is 469. The minimum absolute atomic E-state index is 0.155. The molecule has 1 aromatic rings. The highest BCUT2D eigenvalue weighted by Gasteiger charge is 2.20. The van der Waals surface area contributed by atoms with Crippen molar-refractivity contribution in [3.8, 4) is 0 Å². The van der Waals surface area contributed by atoms with Crippen molar-refractivity contribution in [2.24, 2.45) is 5.73 Å². The average Bonchev–Trinajstić information content (AvgIpc) is 2.74. The number of hydrogen-bond donors (Lipinski definition) is 3. The first kappa shape index (κ1) is 14.6. The lowest BCUT2D eigenvalue weighted by atomic mass is 10.4. The molecular formula is C9H13N5O5. The maximum absolute atomic E-state index is 11.8. The molecule has 0 unspecified atom stereocenters. The highest BCUT2D eigenvalue weighted by molar-refractivity contribution is 5.84. The van der Waals surface area contributed by atoms with Gasteiger partial charge in [-0.05, 0) is 0 Å². The first-order valence-electron chi connectivity index (χ1n) is 5.22. The van der Waals surface area contributed by atoms with Gasteiger partial charge in [0.15, 0.2) is 0 Å². The molecule has 10 nitrogen and oxygen atoms in total. The van der Waals surface area contributed by atoms with Crippen molar-refractivity contribution in [1.82, 2.24) is 19.9 Å². The van der Waals surface area contributed by atoms with E-state index in [9.17, 15) is 14.4 Å². The molecule has 0 aliphatic heterocycles. The summed E-state index contributed by atoms with van der Waals surface area (Å²) < 4.78 is 1.17. The molecule has 104 valence electrons. The van der Waals surface area contributed by atoms with Crippen LogP contribution in [0.3, 0.4) is 0 Å². The van der Waals surface area contributed by atoms with Gasteiger partial charge in [0.1, 0.15) is 19.6 Å². The maximum atomic E-state index is 11.8. The highest BCUT2D eigenvalue weighted by atomic mass is 16.4. The van der Waals surface area contributed by atoms with E-state index in [4.69, 9.17) is 15.9 Å². The molecule has 1 heterocycles. The second kappa shape index (κ2) is 6.44. The van der Waals surface area contributed by atoms with Gasteiger partial charge in [-0.25, -0.2) is 4.68 Å². The number of aliphatic carboxylic acids is 2. The van der Waals surface area contributed by atoms with E-state index in [0.717, 1.165) is 0 Å². The topological polar surface area (TPSA) is 152 Å². The van der Waals surface area contributed by atoms with Gasteiger partial charge in [0.05, 0.1) is 11.9 Å². The molecule has 0 fully saturated rings. The molecule has 0 aliphatic carbocycles. The number of carboxylic acids is 2. The molecule has 0 saturated heterocycles. The van der Waals surface area contributed by atoms with Gasteiger partial charge >= 0.3 is 11.9 Å². The van der Waals surface area contributed by atoms with E-state index >= 15 is 0 Å². The summed E-state index contributed by atoms with van der Waals surface area (Å²) in [6, 6.07) is 0. The number of carbonyl (C=O) groups is 3. The van der Waals surface area contributed by atoms with Crippen molar-refractivity contribution in [3.05, 3.63) is 11.9 Å². The highest BCUT2D eigenvalue weighted by Crippen LogP contribution is 1.96. The molecule has 0 bridgehead atoms. The first-order chi connectivity index (χ1) is 8.92. The number of rotatable bonds is 7. The summed E-state index contributed by atoms with van der Waals surface area (Å²) in [5, 5.41) is 24.5. The van der Waals surface area contributed by atoms with E-state index in [1.54, 1.807) is 0 Å². The van der Waals surface area contributed by atoms with Gasteiger partial charge in [-0.2, -0.15) is 0 Å². The molecule has 1 rings (SSSR count). The lowest BCUT2D eigenvalue weighted by Crippen LogP contribution is -2.41. The van der Waals surface area contributed by atoms with Gasteiger partial charge in [0, 0.05) is 6.54 Å². The van der Waals surface area contributed by atoms with Crippen LogP contribution in [0.1, 0.15) is 5.69 Å². The van der Waals surface area contributed by atoms with Crippen LogP contribution < -0.4 is 5.73 Å². The molecule has 0 atom stereocenters. The molecule has 0 spiro atoms. The molecule has 0 saturated carbocycles. The van der Waals surface area contributed by atoms with Gasteiger partial charge in [-0.1, -0.05) is 5.21 Å². The number of amides is 1. The maximum Gasteiger partial charge on any atom is 0.323 e. The lowest BCUT2D eigenvalue weighted by Gasteiger charge is -2.17. The van der Waals surface area contributed by atoms with Crippen LogP contribution >= 0.6 is 0 Å². The van der Waals surface area contributed by atoms with E-state index in [2.05, 4.69) is 10.3 Å². The molecule has 19 heavy (non-hydrogen) atoms. The van der Waals surface area contributed by atoms with E-state index in [-0.39, 0.29) is 13.1 Å². The smallest absolute Gasteiger partial charge is 0.323 e. The average molecular weight is 271 g/mol. The lowest BCUT2D eigenvalue weighted by molar-refractivity contribution is -0.149. The van der Waals surface area contributed by atoms with Gasteiger partial charge in [0.2, 0.25) is 5.91 Å². The Kier molecular flexibility index (Phi) is 4.94. The van der Waals surface area contributed by atoms with E-state index in [0.29, 0.717) is 10.6 Å². The zero-order valence-corrected chi connectivity index (χ0v) is 9.89. The Morgan fingerprint density at radius 1 is 1.26 bits per heavy atom. The molecule has 0 radical (unpaired) electrons. The van der Waals surface area contributed by atoms with Gasteiger partial charge in [0.25, 0.3) is 0 Å². The van der Waals surface area contributed by atoms with Crippen molar-refractivity contribution in [2.75, 3.05) is 13.1 Å². The van der Waals surface area contributed by atoms with Gasteiger partial charge < -0.3 is 20.8 Å². The Balaban J connectivity index is 2.69. The van der Waals surface area contributed by atoms with Crippen molar-refractivity contribution in [1.29, 1.82) is 0 Å². The third kappa shape index (κ3) is 4.71. The van der Waals surface area contributed by atoms with Crippen LogP contribution in [0, 0.1) is 0 Å². The van der Waals surface area contributed by atoms with Crippen molar-refractivity contribution in [3.63, 3.8) is 0 Å². The van der Waals surface area contributed by atoms with Crippen molar-refractivity contribution >= 4 is 17.8 Å². The van der Waals surface area contributed by atoms with Gasteiger partial charge in [-0.3, -0.25) is 14.4 Å². The third-order valence-electron chi connectivity index (χ3n) is 2.10. The van der Waals surface area contributed by atoms with E-state index < -0.39 is 30.9 Å². The minimum Gasteiger partial charge on any atom is -0.480 e. The molecule has 10 heteroatoms. The Morgan fingerprint density at radius 3 is 2.26 bits per heavy atom. The quantitative estimate of drug-likeness (QED) is 0.502. The number of carbonyl (C=O) groups excluding carboxylic acids is 1. The second-order valence-electron chi connectivity index (χ2n) is 3.65. The minimum atomic E-state index is -1.30. The van der Waals surface area contributed by atoms with E-state index in [1.165, 1.54) is 10.9 Å². The standard InChI is InChI=1S/C9H13N5O5/c10-1-6-2-14(12-11-6)3-7(15)13(4-8(16)17)5-9(18)19/h2H,1,3-5,10H2,(H,16,17)(H,18,19). The largest absolute Gasteiger partial charge is 0.480 e. The Morgan fingerprint density at radius 2 is 1.84 bits per heavy atom. The van der Waals surface area contributed by atoms with Crippen LogP contribution in [0.25, 0.3) is 0 Å². The van der Waals surface area contributed by atoms with Crippen LogP contribution in [0.2, 0.25) is 0 Å². The molecule has 0 aliphatic rings. The normalized spacial score (nSPS) is 10.2. The number of carboxylic acid groups (broad SMARTS) is 2. The van der Waals surface area contributed by atoms with Crippen molar-refractivity contribution in [2.45, 2.75) is 13.1 Å². The molecule has 1 amide bonds. The van der Waals surface area contributed by atoms with Crippen LogP contribution in [0.4, 0.5) is 0 Å². The van der Waals surface area contributed by atoms with Crippen LogP contribution in [-0.4, -0.2) is 61.0 Å². The summed E-state index contributed by atoms with van der Waals surface area (Å²) in [4.78, 5) is 33.6. The number of aromatic nitrogens is 3. The van der Waals surface area contributed by atoms with Crippen LogP contribution in [-0.2, 0) is 27.5 Å². The second-order valence-corrected chi connectivity index (χ2v) is 3.65. The predicted molar refractivity (Wildman–Crippen MR) is 59.8 cm³/mol. The van der Waals surface area contributed by atoms with E-state index in [1.807, 2.05) is 0 Å². The molecule has 1 aromatic heterocycles. The van der Waals surface area contributed by atoms with Gasteiger partial charge in [-0.15, -0.1) is 5.10 Å². The monoisotopic (exact) mass is 271 g/mol. The Hall–Kier alpha value is -2.49. The summed E-state index contributed by atoms with van der Waals surface area (Å²) in [6.07, 6.45) is 1.43. The first-order valence-corrected chi connectivity index (χ1v) is 5.22. The zero-order chi connectivity index (χ0) is 14.4. The van der Waals surface area contributed by atoms with Crippen molar-refractivity contribution < 1.29 is 24.6 Å². The summed E-state index contributed by atoms with van der Waals surface area (Å²) in [6.45, 7) is -1.52. The molecule has 0 aromatic carbocycles. The summed E-state index contributed by atoms with van der Waals surface area (Å²) in [7, 11) is 0. The van der Waals surface area contributed by atoms with Crippen LogP contribution in [0.15, 0.2) is 6.20 Å². The number of nitrogens with two attached hydrogens (primary N) is 1. The fourth-order valence-electron chi connectivity index (χ4n) is 1.31. The summed E-state index contributed by atoms with van der Waals surface area (Å²) in [5.41, 5.74) is 5.79. The fraction of sp³-hybridized carbons (Fsp3) is 0.444. The summed E-state index contributed by atoms with van der Waals surface area (Å²) >= 11 is 0. The zero-order valence-electron chi connectivity index (χ0n) is 9.89. The molecular weight excluding hydrogens is 258 g/mol. The SMILES string of the molecule is NCc1cn(CC(=O)N(CC(=O)O)CC(=O)O)nn1.